The van der Waals surface area contributed by atoms with E-state index >= 15 is 0 Å². The fourth-order valence-electron chi connectivity index (χ4n) is 2.24. The van der Waals surface area contributed by atoms with Gasteiger partial charge in [-0.15, -0.1) is 0 Å². The minimum absolute atomic E-state index is 0.127. The summed E-state index contributed by atoms with van der Waals surface area (Å²) >= 11 is 6.96. The van der Waals surface area contributed by atoms with Gasteiger partial charge < -0.3 is 5.73 Å². The molecule has 0 aliphatic carbocycles. The number of hydrogen-bond acceptors (Lipinski definition) is 4. The number of nitrogens with two attached hydrogens (primary N) is 1. The van der Waals surface area contributed by atoms with E-state index in [0.717, 1.165) is 27.0 Å². The summed E-state index contributed by atoms with van der Waals surface area (Å²) in [5.41, 5.74) is 7.12. The number of benzene rings is 2. The molecule has 3 nitrogen and oxygen atoms in total. The Kier molecular flexibility index (Phi) is 3.96. The Hall–Kier alpha value is -2.17. The molecule has 2 N–H and O–H groups in total. The number of halogens is 1. The second-order valence-electron chi connectivity index (χ2n) is 4.94. The van der Waals surface area contributed by atoms with Crippen LogP contribution in [0.5, 0.6) is 0 Å². The zero-order valence-electron chi connectivity index (χ0n) is 11.5. The van der Waals surface area contributed by atoms with E-state index in [1.165, 1.54) is 0 Å². The highest BCUT2D eigenvalue weighted by molar-refractivity contribution is 7.16. The van der Waals surface area contributed by atoms with Crippen molar-refractivity contribution < 1.29 is 4.79 Å². The standard InChI is InChI=1S/C17H12ClNO2S/c18-13-6-5-10(7-14(13)19)8-15(20)12-9-11-3-1-2-4-16(11)22-17(12)21/h1-7,9H,8,19H2. The van der Waals surface area contributed by atoms with Gasteiger partial charge in [0.15, 0.2) is 5.78 Å². The zero-order chi connectivity index (χ0) is 15.7. The van der Waals surface area contributed by atoms with Gasteiger partial charge in [0, 0.05) is 11.1 Å². The summed E-state index contributed by atoms with van der Waals surface area (Å²) in [5, 5.41) is 1.35. The first-order valence-electron chi connectivity index (χ1n) is 6.64. The first-order valence-corrected chi connectivity index (χ1v) is 7.84. The lowest BCUT2D eigenvalue weighted by atomic mass is 10.0. The Morgan fingerprint density at radius 3 is 2.68 bits per heavy atom. The molecular formula is C17H12ClNO2S. The molecule has 0 saturated carbocycles. The van der Waals surface area contributed by atoms with Crippen molar-refractivity contribution in [2.45, 2.75) is 6.42 Å². The van der Waals surface area contributed by atoms with Crippen molar-refractivity contribution in [3.8, 4) is 0 Å². The summed E-state index contributed by atoms with van der Waals surface area (Å²) in [4.78, 5) is 24.5. The molecule has 0 atom stereocenters. The molecule has 0 saturated heterocycles. The molecule has 0 aliphatic rings. The van der Waals surface area contributed by atoms with E-state index in [1.807, 2.05) is 24.3 Å². The van der Waals surface area contributed by atoms with Gasteiger partial charge >= 0.3 is 0 Å². The van der Waals surface area contributed by atoms with Crippen molar-refractivity contribution in [3.63, 3.8) is 0 Å². The third kappa shape index (κ3) is 2.89. The summed E-state index contributed by atoms with van der Waals surface area (Å²) in [5.74, 6) is -0.214. The molecule has 0 aliphatic heterocycles. The van der Waals surface area contributed by atoms with E-state index in [0.29, 0.717) is 10.7 Å². The molecule has 22 heavy (non-hydrogen) atoms. The maximum absolute atomic E-state index is 12.4. The van der Waals surface area contributed by atoms with Gasteiger partial charge in [-0.25, -0.2) is 0 Å². The van der Waals surface area contributed by atoms with Crippen LogP contribution in [-0.2, 0) is 6.42 Å². The second kappa shape index (κ2) is 5.91. The van der Waals surface area contributed by atoms with Crippen LogP contribution < -0.4 is 10.5 Å². The molecule has 0 bridgehead atoms. The quantitative estimate of drug-likeness (QED) is 0.585. The van der Waals surface area contributed by atoms with Crippen molar-refractivity contribution >= 4 is 44.5 Å². The summed E-state index contributed by atoms with van der Waals surface area (Å²) in [6.45, 7) is 0. The molecule has 0 amide bonds. The number of carbonyl (C=O) groups is 1. The van der Waals surface area contributed by atoms with Crippen LogP contribution in [-0.4, -0.2) is 5.78 Å². The topological polar surface area (TPSA) is 60.2 Å². The molecule has 110 valence electrons. The van der Waals surface area contributed by atoms with Crippen molar-refractivity contribution in [2.75, 3.05) is 5.73 Å². The number of ketones is 1. The summed E-state index contributed by atoms with van der Waals surface area (Å²) in [6, 6.07) is 14.2. The normalized spacial score (nSPS) is 10.8. The van der Waals surface area contributed by atoms with Crippen molar-refractivity contribution in [1.29, 1.82) is 0 Å². The lowest BCUT2D eigenvalue weighted by Crippen LogP contribution is -2.14. The van der Waals surface area contributed by atoms with Gasteiger partial charge in [0.2, 0.25) is 4.74 Å². The van der Waals surface area contributed by atoms with Crippen LogP contribution in [0.15, 0.2) is 53.3 Å². The van der Waals surface area contributed by atoms with Gasteiger partial charge in [0.05, 0.1) is 16.3 Å². The molecule has 2 aromatic carbocycles. The molecule has 0 radical (unpaired) electrons. The van der Waals surface area contributed by atoms with Gasteiger partial charge in [-0.2, -0.15) is 0 Å². The van der Waals surface area contributed by atoms with Crippen LogP contribution in [0.4, 0.5) is 5.69 Å². The molecule has 5 heteroatoms. The van der Waals surface area contributed by atoms with Crippen molar-refractivity contribution in [1.82, 2.24) is 0 Å². The van der Waals surface area contributed by atoms with Gasteiger partial charge in [0.25, 0.3) is 0 Å². The minimum Gasteiger partial charge on any atom is -0.398 e. The van der Waals surface area contributed by atoms with E-state index < -0.39 is 0 Å². The molecule has 3 rings (SSSR count). The highest BCUT2D eigenvalue weighted by Gasteiger charge is 2.13. The molecule has 0 fully saturated rings. The number of anilines is 1. The van der Waals surface area contributed by atoms with Gasteiger partial charge in [-0.3, -0.25) is 9.59 Å². The third-order valence-corrected chi connectivity index (χ3v) is 4.71. The average molecular weight is 330 g/mol. The highest BCUT2D eigenvalue weighted by Crippen LogP contribution is 2.21. The maximum atomic E-state index is 12.4. The lowest BCUT2D eigenvalue weighted by molar-refractivity contribution is 0.0992. The number of hydrogen-bond donors (Lipinski definition) is 1. The summed E-state index contributed by atoms with van der Waals surface area (Å²) < 4.78 is 0.658. The fourth-order valence-corrected chi connectivity index (χ4v) is 3.23. The molecule has 0 spiro atoms. The second-order valence-corrected chi connectivity index (χ2v) is 6.36. The van der Waals surface area contributed by atoms with E-state index in [1.54, 1.807) is 24.3 Å². The number of carbonyl (C=O) groups excluding carboxylic acids is 1. The van der Waals surface area contributed by atoms with Crippen LogP contribution in [0.2, 0.25) is 5.02 Å². The number of Topliss-reactive ketones (excluding diaryl/α,β-unsaturated/α-hetero) is 1. The average Bonchev–Trinajstić information content (AvgIpc) is 2.50. The van der Waals surface area contributed by atoms with E-state index in [2.05, 4.69) is 0 Å². The largest absolute Gasteiger partial charge is 0.398 e. The Labute approximate surface area is 136 Å². The summed E-state index contributed by atoms with van der Waals surface area (Å²) in [6.07, 6.45) is 0.127. The fraction of sp³-hybridized carbons (Fsp3) is 0.0588. The first kappa shape index (κ1) is 14.8. The van der Waals surface area contributed by atoms with E-state index in [9.17, 15) is 9.59 Å². The highest BCUT2D eigenvalue weighted by atomic mass is 35.5. The Morgan fingerprint density at radius 2 is 1.91 bits per heavy atom. The molecule has 1 heterocycles. The van der Waals surface area contributed by atoms with Crippen molar-refractivity contribution in [3.05, 3.63) is 74.2 Å². The van der Waals surface area contributed by atoms with Crippen LogP contribution in [0.1, 0.15) is 15.9 Å². The Balaban J connectivity index is 1.96. The van der Waals surface area contributed by atoms with Crippen LogP contribution in [0.3, 0.4) is 0 Å². The predicted molar refractivity (Wildman–Crippen MR) is 92.0 cm³/mol. The first-order chi connectivity index (χ1) is 10.5. The lowest BCUT2D eigenvalue weighted by Gasteiger charge is -2.04. The van der Waals surface area contributed by atoms with E-state index in [4.69, 9.17) is 17.3 Å². The minimum atomic E-state index is -0.217. The monoisotopic (exact) mass is 329 g/mol. The molecular weight excluding hydrogens is 318 g/mol. The van der Waals surface area contributed by atoms with E-state index in [-0.39, 0.29) is 22.5 Å². The van der Waals surface area contributed by atoms with Gasteiger partial charge in [-0.05, 0) is 35.2 Å². The Bertz CT molecular complexity index is 933. The number of nitrogen functional groups attached to an aromatic ring is 1. The smallest absolute Gasteiger partial charge is 0.243 e. The number of rotatable bonds is 3. The maximum Gasteiger partial charge on any atom is 0.243 e. The van der Waals surface area contributed by atoms with Gasteiger partial charge in [-0.1, -0.05) is 47.2 Å². The SMILES string of the molecule is Nc1cc(CC(=O)c2cc3ccccc3sc2=O)ccc1Cl. The number of fused-ring (bicyclic) bond motifs is 1. The predicted octanol–water partition coefficient (Wildman–Crippen LogP) is 3.92. The van der Waals surface area contributed by atoms with Crippen LogP contribution >= 0.6 is 22.9 Å². The van der Waals surface area contributed by atoms with Gasteiger partial charge in [0.1, 0.15) is 0 Å². The van der Waals surface area contributed by atoms with Crippen LogP contribution in [0.25, 0.3) is 10.1 Å². The third-order valence-electron chi connectivity index (χ3n) is 3.37. The molecule has 0 unspecified atom stereocenters. The van der Waals surface area contributed by atoms with Crippen molar-refractivity contribution in [2.24, 2.45) is 0 Å². The molecule has 3 aromatic rings. The van der Waals surface area contributed by atoms with Crippen LogP contribution in [0, 0.1) is 0 Å². The molecule has 1 aromatic heterocycles. The Morgan fingerprint density at radius 1 is 1.14 bits per heavy atom. The zero-order valence-corrected chi connectivity index (χ0v) is 13.1. The summed E-state index contributed by atoms with van der Waals surface area (Å²) in [7, 11) is 0.